The van der Waals surface area contributed by atoms with E-state index in [4.69, 9.17) is 0 Å². The summed E-state index contributed by atoms with van der Waals surface area (Å²) in [5.41, 5.74) is 2.55. The Bertz CT molecular complexity index is 911. The Morgan fingerprint density at radius 1 is 1.15 bits per heavy atom. The zero-order valence-electron chi connectivity index (χ0n) is 15.1. The van der Waals surface area contributed by atoms with Gasteiger partial charge in [-0.15, -0.1) is 0 Å². The highest BCUT2D eigenvalue weighted by atomic mass is 32.2. The minimum atomic E-state index is -3.66. The summed E-state index contributed by atoms with van der Waals surface area (Å²) in [4.78, 5) is 15.5. The van der Waals surface area contributed by atoms with E-state index in [-0.39, 0.29) is 29.8 Å². The second-order valence-corrected chi connectivity index (χ2v) is 8.43. The van der Waals surface area contributed by atoms with Crippen molar-refractivity contribution in [3.05, 3.63) is 59.7 Å². The fourth-order valence-electron chi connectivity index (χ4n) is 3.16. The molecule has 0 fully saturated rings. The highest BCUT2D eigenvalue weighted by Crippen LogP contribution is 2.29. The van der Waals surface area contributed by atoms with Crippen molar-refractivity contribution in [1.82, 2.24) is 9.62 Å². The number of benzene rings is 2. The summed E-state index contributed by atoms with van der Waals surface area (Å²) in [6.45, 7) is 0.259. The van der Waals surface area contributed by atoms with E-state index in [2.05, 4.69) is 4.72 Å². The van der Waals surface area contributed by atoms with Crippen molar-refractivity contribution in [1.29, 1.82) is 0 Å². The predicted molar refractivity (Wildman–Crippen MR) is 102 cm³/mol. The van der Waals surface area contributed by atoms with Gasteiger partial charge in [0.1, 0.15) is 0 Å². The second kappa shape index (κ2) is 7.19. The molecule has 0 spiro atoms. The maximum absolute atomic E-state index is 12.7. The van der Waals surface area contributed by atoms with Crippen LogP contribution < -0.4 is 9.62 Å². The molecule has 1 N–H and O–H groups in total. The van der Waals surface area contributed by atoms with E-state index in [0.29, 0.717) is 0 Å². The van der Waals surface area contributed by atoms with Gasteiger partial charge in [-0.25, -0.2) is 13.1 Å². The van der Waals surface area contributed by atoms with E-state index in [1.807, 2.05) is 49.3 Å². The average molecular weight is 373 g/mol. The number of likely N-dealkylation sites (N-methyl/N-ethyl adjacent to an activating group) is 2. The predicted octanol–water partition coefficient (Wildman–Crippen LogP) is 1.79. The van der Waals surface area contributed by atoms with Gasteiger partial charge in [0.2, 0.25) is 15.9 Å². The Kier molecular flexibility index (Phi) is 5.13. The topological polar surface area (TPSA) is 69.7 Å². The number of hydrogen-bond donors (Lipinski definition) is 1. The second-order valence-electron chi connectivity index (χ2n) is 6.66. The SMILES string of the molecule is CN1C(=O)Cc2cc(S(=O)(=O)NCC(c3ccccc3)N(C)C)ccc21. The number of rotatable bonds is 6. The van der Waals surface area contributed by atoms with Crippen LogP contribution in [0.15, 0.2) is 53.4 Å². The van der Waals surface area contributed by atoms with Gasteiger partial charge < -0.3 is 9.80 Å². The fraction of sp³-hybridized carbons (Fsp3) is 0.316. The summed E-state index contributed by atoms with van der Waals surface area (Å²) >= 11 is 0. The summed E-state index contributed by atoms with van der Waals surface area (Å²) in [6.07, 6.45) is 0.236. The van der Waals surface area contributed by atoms with Gasteiger partial charge >= 0.3 is 0 Å². The molecule has 26 heavy (non-hydrogen) atoms. The van der Waals surface area contributed by atoms with Crippen LogP contribution >= 0.6 is 0 Å². The molecule has 0 saturated heterocycles. The van der Waals surface area contributed by atoms with Crippen molar-refractivity contribution >= 4 is 21.6 Å². The summed E-state index contributed by atoms with van der Waals surface area (Å²) in [7, 11) is 1.88. The summed E-state index contributed by atoms with van der Waals surface area (Å²) < 4.78 is 28.2. The minimum absolute atomic E-state index is 0.0285. The summed E-state index contributed by atoms with van der Waals surface area (Å²) in [5.74, 6) is -0.0285. The van der Waals surface area contributed by atoms with Crippen LogP contribution in [-0.2, 0) is 21.2 Å². The molecule has 138 valence electrons. The number of carbonyl (C=O) groups is 1. The van der Waals surface area contributed by atoms with Crippen LogP contribution in [0.3, 0.4) is 0 Å². The monoisotopic (exact) mass is 373 g/mol. The van der Waals surface area contributed by atoms with Crippen molar-refractivity contribution in [3.8, 4) is 0 Å². The highest BCUT2D eigenvalue weighted by molar-refractivity contribution is 7.89. The molecule has 1 heterocycles. The van der Waals surface area contributed by atoms with E-state index < -0.39 is 10.0 Å². The lowest BCUT2D eigenvalue weighted by molar-refractivity contribution is -0.117. The Hall–Kier alpha value is -2.22. The molecule has 3 rings (SSSR count). The van der Waals surface area contributed by atoms with Crippen LogP contribution in [-0.4, -0.2) is 46.9 Å². The first kappa shape index (κ1) is 18.6. The molecule has 1 amide bonds. The minimum Gasteiger partial charge on any atom is -0.315 e. The van der Waals surface area contributed by atoms with Gasteiger partial charge in [-0.1, -0.05) is 30.3 Å². The van der Waals surface area contributed by atoms with E-state index >= 15 is 0 Å². The zero-order chi connectivity index (χ0) is 18.9. The molecule has 0 radical (unpaired) electrons. The molecule has 1 aliphatic rings. The van der Waals surface area contributed by atoms with Crippen LogP contribution in [0.5, 0.6) is 0 Å². The normalized spacial score (nSPS) is 15.4. The molecule has 1 aliphatic heterocycles. The lowest BCUT2D eigenvalue weighted by Crippen LogP contribution is -2.34. The maximum atomic E-state index is 12.7. The highest BCUT2D eigenvalue weighted by Gasteiger charge is 2.26. The van der Waals surface area contributed by atoms with E-state index in [9.17, 15) is 13.2 Å². The van der Waals surface area contributed by atoms with Crippen LogP contribution in [0, 0.1) is 0 Å². The molecular formula is C19H23N3O3S. The summed E-state index contributed by atoms with van der Waals surface area (Å²) in [5, 5.41) is 0. The Labute approximate surface area is 154 Å². The molecule has 6 nitrogen and oxygen atoms in total. The number of carbonyl (C=O) groups excluding carboxylic acids is 1. The Morgan fingerprint density at radius 2 is 1.85 bits per heavy atom. The van der Waals surface area contributed by atoms with Crippen LogP contribution in [0.25, 0.3) is 0 Å². The Morgan fingerprint density at radius 3 is 2.50 bits per heavy atom. The van der Waals surface area contributed by atoms with E-state index in [1.165, 1.54) is 0 Å². The van der Waals surface area contributed by atoms with Crippen LogP contribution in [0.2, 0.25) is 0 Å². The third kappa shape index (κ3) is 3.65. The zero-order valence-corrected chi connectivity index (χ0v) is 16.0. The van der Waals surface area contributed by atoms with Crippen LogP contribution in [0.4, 0.5) is 5.69 Å². The average Bonchev–Trinajstić information content (AvgIpc) is 2.89. The van der Waals surface area contributed by atoms with Crippen LogP contribution in [0.1, 0.15) is 17.2 Å². The van der Waals surface area contributed by atoms with E-state index in [0.717, 1.165) is 16.8 Å². The standard InChI is InChI=1S/C19H23N3O3S/c1-21(2)18(14-7-5-4-6-8-14)13-20-26(24,25)16-9-10-17-15(11-16)12-19(23)22(17)3/h4-11,18,20H,12-13H2,1-3H3. The first-order valence-electron chi connectivity index (χ1n) is 8.40. The molecule has 2 aromatic carbocycles. The third-order valence-corrected chi connectivity index (χ3v) is 6.13. The smallest absolute Gasteiger partial charge is 0.240 e. The van der Waals surface area contributed by atoms with Crippen molar-refractivity contribution in [2.24, 2.45) is 0 Å². The molecule has 0 aliphatic carbocycles. The number of hydrogen-bond acceptors (Lipinski definition) is 4. The van der Waals surface area contributed by atoms with Gasteiger partial charge in [-0.2, -0.15) is 0 Å². The quantitative estimate of drug-likeness (QED) is 0.838. The number of amides is 1. The number of nitrogens with one attached hydrogen (secondary N) is 1. The number of nitrogens with zero attached hydrogens (tertiary/aromatic N) is 2. The molecule has 0 aromatic heterocycles. The third-order valence-electron chi connectivity index (χ3n) is 4.71. The fourth-order valence-corrected chi connectivity index (χ4v) is 4.25. The lowest BCUT2D eigenvalue weighted by Gasteiger charge is -2.25. The molecule has 1 unspecified atom stereocenters. The van der Waals surface area contributed by atoms with Crippen molar-refractivity contribution in [3.63, 3.8) is 0 Å². The molecule has 0 saturated carbocycles. The van der Waals surface area contributed by atoms with Gasteiger partial charge in [-0.05, 0) is 43.4 Å². The Balaban J connectivity index is 1.79. The van der Waals surface area contributed by atoms with Gasteiger partial charge in [0.05, 0.1) is 11.3 Å². The van der Waals surface area contributed by atoms with E-state index in [1.54, 1.807) is 30.1 Å². The number of fused-ring (bicyclic) bond motifs is 1. The number of anilines is 1. The summed E-state index contributed by atoms with van der Waals surface area (Å²) in [6, 6.07) is 14.5. The van der Waals surface area contributed by atoms with Crippen molar-refractivity contribution in [2.45, 2.75) is 17.4 Å². The van der Waals surface area contributed by atoms with Crippen molar-refractivity contribution in [2.75, 3.05) is 32.6 Å². The van der Waals surface area contributed by atoms with Gasteiger partial charge in [0.15, 0.2) is 0 Å². The molecule has 7 heteroatoms. The molecule has 0 bridgehead atoms. The lowest BCUT2D eigenvalue weighted by atomic mass is 10.1. The largest absolute Gasteiger partial charge is 0.315 e. The van der Waals surface area contributed by atoms with Gasteiger partial charge in [-0.3, -0.25) is 4.79 Å². The molecule has 1 atom stereocenters. The van der Waals surface area contributed by atoms with Gasteiger partial charge in [0, 0.05) is 25.3 Å². The first-order valence-corrected chi connectivity index (χ1v) is 9.88. The first-order chi connectivity index (χ1) is 12.3. The molecular weight excluding hydrogens is 350 g/mol. The maximum Gasteiger partial charge on any atom is 0.240 e. The van der Waals surface area contributed by atoms with Crippen molar-refractivity contribution < 1.29 is 13.2 Å². The molecule has 2 aromatic rings. The number of sulfonamides is 1. The van der Waals surface area contributed by atoms with Gasteiger partial charge in [0.25, 0.3) is 0 Å².